The molecule has 124 valence electrons. The SMILES string of the molecule is CC(C)(C)N(CC(F)(F)C(O)c1ccc(Cl)c(Cl)c1)C(=O)O. The van der Waals surface area contributed by atoms with Crippen molar-refractivity contribution in [1.82, 2.24) is 4.90 Å². The molecule has 0 saturated carbocycles. The molecule has 0 fully saturated rings. The van der Waals surface area contributed by atoms with E-state index in [1.807, 2.05) is 0 Å². The summed E-state index contributed by atoms with van der Waals surface area (Å²) < 4.78 is 28.5. The van der Waals surface area contributed by atoms with Crippen LogP contribution in [-0.2, 0) is 0 Å². The van der Waals surface area contributed by atoms with E-state index in [4.69, 9.17) is 28.3 Å². The average Bonchev–Trinajstić information content (AvgIpc) is 2.37. The predicted molar refractivity (Wildman–Crippen MR) is 80.9 cm³/mol. The van der Waals surface area contributed by atoms with Crippen molar-refractivity contribution in [1.29, 1.82) is 0 Å². The average molecular weight is 356 g/mol. The minimum absolute atomic E-state index is 0.0277. The van der Waals surface area contributed by atoms with E-state index in [1.54, 1.807) is 0 Å². The Kier molecular flexibility index (Phi) is 5.65. The fourth-order valence-corrected chi connectivity index (χ4v) is 2.12. The number of aliphatic hydroxyl groups excluding tert-OH is 1. The number of alkyl halides is 2. The van der Waals surface area contributed by atoms with Crippen LogP contribution in [0.25, 0.3) is 0 Å². The van der Waals surface area contributed by atoms with Crippen LogP contribution in [0.3, 0.4) is 0 Å². The second-order valence-corrected chi connectivity index (χ2v) is 6.69. The lowest BCUT2D eigenvalue weighted by atomic mass is 10.0. The summed E-state index contributed by atoms with van der Waals surface area (Å²) in [7, 11) is 0. The molecule has 1 amide bonds. The summed E-state index contributed by atoms with van der Waals surface area (Å²) in [5.74, 6) is -3.69. The van der Waals surface area contributed by atoms with Gasteiger partial charge < -0.3 is 10.2 Å². The van der Waals surface area contributed by atoms with Gasteiger partial charge in [-0.15, -0.1) is 0 Å². The largest absolute Gasteiger partial charge is 0.465 e. The molecule has 4 nitrogen and oxygen atoms in total. The van der Waals surface area contributed by atoms with Gasteiger partial charge in [0.15, 0.2) is 0 Å². The second-order valence-electron chi connectivity index (χ2n) is 5.88. The fourth-order valence-electron chi connectivity index (χ4n) is 1.82. The van der Waals surface area contributed by atoms with Gasteiger partial charge in [-0.05, 0) is 38.5 Å². The third kappa shape index (κ3) is 4.44. The molecular weight excluding hydrogens is 339 g/mol. The Bertz CT molecular complexity index is 562. The molecule has 0 bridgehead atoms. The molecule has 0 spiro atoms. The second kappa shape index (κ2) is 6.56. The number of rotatable bonds is 4. The van der Waals surface area contributed by atoms with Crippen LogP contribution in [0.4, 0.5) is 13.6 Å². The van der Waals surface area contributed by atoms with E-state index in [0.29, 0.717) is 4.90 Å². The molecule has 0 saturated heterocycles. The monoisotopic (exact) mass is 355 g/mol. The first kappa shape index (κ1) is 18.9. The lowest BCUT2D eigenvalue weighted by Crippen LogP contribution is -2.52. The Labute approximate surface area is 137 Å². The summed E-state index contributed by atoms with van der Waals surface area (Å²) in [5, 5.41) is 19.2. The number of benzene rings is 1. The van der Waals surface area contributed by atoms with E-state index >= 15 is 0 Å². The molecule has 0 aliphatic carbocycles. The van der Waals surface area contributed by atoms with Gasteiger partial charge in [-0.2, -0.15) is 0 Å². The molecule has 0 aliphatic heterocycles. The lowest BCUT2D eigenvalue weighted by molar-refractivity contribution is -0.131. The molecule has 0 aliphatic rings. The van der Waals surface area contributed by atoms with Gasteiger partial charge in [-0.1, -0.05) is 29.3 Å². The predicted octanol–water partition coefficient (Wildman–Crippen LogP) is 4.44. The minimum Gasteiger partial charge on any atom is -0.465 e. The number of nitrogens with zero attached hydrogens (tertiary/aromatic N) is 1. The highest BCUT2D eigenvalue weighted by Gasteiger charge is 2.44. The van der Waals surface area contributed by atoms with Gasteiger partial charge >= 0.3 is 6.09 Å². The van der Waals surface area contributed by atoms with Crippen LogP contribution in [0.5, 0.6) is 0 Å². The van der Waals surface area contributed by atoms with Crippen molar-refractivity contribution in [2.45, 2.75) is 38.3 Å². The van der Waals surface area contributed by atoms with E-state index in [1.165, 1.54) is 32.9 Å². The fraction of sp³-hybridized carbons (Fsp3) is 0.500. The van der Waals surface area contributed by atoms with Crippen LogP contribution in [0.15, 0.2) is 18.2 Å². The van der Waals surface area contributed by atoms with E-state index in [0.717, 1.165) is 6.07 Å². The van der Waals surface area contributed by atoms with Crippen LogP contribution < -0.4 is 0 Å². The summed E-state index contributed by atoms with van der Waals surface area (Å²) in [6, 6.07) is 3.64. The van der Waals surface area contributed by atoms with Crippen molar-refractivity contribution >= 4 is 29.3 Å². The minimum atomic E-state index is -3.69. The topological polar surface area (TPSA) is 60.8 Å². The Morgan fingerprint density at radius 1 is 1.27 bits per heavy atom. The number of halogens is 4. The van der Waals surface area contributed by atoms with Crippen molar-refractivity contribution in [3.63, 3.8) is 0 Å². The van der Waals surface area contributed by atoms with Crippen LogP contribution in [-0.4, -0.2) is 39.2 Å². The van der Waals surface area contributed by atoms with Crippen LogP contribution in [0.1, 0.15) is 32.4 Å². The molecule has 1 aromatic rings. The summed E-state index contributed by atoms with van der Waals surface area (Å²) in [5.41, 5.74) is -1.18. The number of carbonyl (C=O) groups is 1. The van der Waals surface area contributed by atoms with Gasteiger partial charge in [0.25, 0.3) is 5.92 Å². The first-order valence-corrected chi connectivity index (χ1v) is 7.13. The van der Waals surface area contributed by atoms with Crippen molar-refractivity contribution < 1.29 is 23.8 Å². The summed E-state index contributed by atoms with van der Waals surface area (Å²) >= 11 is 11.4. The van der Waals surface area contributed by atoms with Crippen LogP contribution >= 0.6 is 23.2 Å². The Morgan fingerprint density at radius 3 is 2.23 bits per heavy atom. The summed E-state index contributed by atoms with van der Waals surface area (Å²) in [6.07, 6.45) is -3.69. The third-order valence-electron chi connectivity index (χ3n) is 3.07. The Hall–Kier alpha value is -1.11. The van der Waals surface area contributed by atoms with Gasteiger partial charge in [0.1, 0.15) is 6.10 Å². The maximum Gasteiger partial charge on any atom is 0.407 e. The van der Waals surface area contributed by atoms with Crippen molar-refractivity contribution in [2.24, 2.45) is 0 Å². The maximum atomic E-state index is 14.2. The van der Waals surface area contributed by atoms with Crippen LogP contribution in [0.2, 0.25) is 10.0 Å². The van der Waals surface area contributed by atoms with E-state index < -0.39 is 30.2 Å². The molecule has 0 heterocycles. The molecule has 0 radical (unpaired) electrons. The van der Waals surface area contributed by atoms with Gasteiger partial charge in [0.2, 0.25) is 0 Å². The first-order chi connectivity index (χ1) is 9.86. The van der Waals surface area contributed by atoms with E-state index in [9.17, 15) is 18.7 Å². The smallest absolute Gasteiger partial charge is 0.407 e. The standard InChI is InChI=1S/C14H17Cl2F2NO3/c1-13(2,3)19(12(21)22)7-14(17,18)11(20)8-4-5-9(15)10(16)6-8/h4-6,11,20H,7H2,1-3H3,(H,21,22). The number of amides is 1. The maximum absolute atomic E-state index is 14.2. The number of aliphatic hydroxyl groups is 1. The molecule has 2 N–H and O–H groups in total. The quantitative estimate of drug-likeness (QED) is 0.839. The van der Waals surface area contributed by atoms with Gasteiger partial charge in [-0.3, -0.25) is 4.90 Å². The summed E-state index contributed by atoms with van der Waals surface area (Å²) in [6.45, 7) is 3.32. The zero-order chi connectivity index (χ0) is 17.3. The highest BCUT2D eigenvalue weighted by Crippen LogP contribution is 2.36. The molecular formula is C14H17Cl2F2NO3. The number of hydrogen-bond donors (Lipinski definition) is 2. The molecule has 8 heteroatoms. The van der Waals surface area contributed by atoms with E-state index in [-0.39, 0.29) is 15.6 Å². The molecule has 1 atom stereocenters. The molecule has 1 rings (SSSR count). The number of carboxylic acid groups (broad SMARTS) is 1. The van der Waals surface area contributed by atoms with Crippen molar-refractivity contribution in [3.8, 4) is 0 Å². The summed E-state index contributed by atoms with van der Waals surface area (Å²) in [4.78, 5) is 11.7. The molecule has 22 heavy (non-hydrogen) atoms. The molecule has 1 aromatic carbocycles. The Morgan fingerprint density at radius 2 is 1.82 bits per heavy atom. The van der Waals surface area contributed by atoms with Crippen LogP contribution in [0, 0.1) is 0 Å². The highest BCUT2D eigenvalue weighted by molar-refractivity contribution is 6.42. The molecule has 0 aromatic heterocycles. The molecule has 1 unspecified atom stereocenters. The van der Waals surface area contributed by atoms with Crippen molar-refractivity contribution in [2.75, 3.05) is 6.54 Å². The zero-order valence-corrected chi connectivity index (χ0v) is 13.8. The lowest BCUT2D eigenvalue weighted by Gasteiger charge is -2.37. The van der Waals surface area contributed by atoms with Gasteiger partial charge in [0, 0.05) is 5.54 Å². The highest BCUT2D eigenvalue weighted by atomic mass is 35.5. The van der Waals surface area contributed by atoms with Gasteiger partial charge in [0.05, 0.1) is 16.6 Å². The Balaban J connectivity index is 3.05. The van der Waals surface area contributed by atoms with Gasteiger partial charge in [-0.25, -0.2) is 13.6 Å². The van der Waals surface area contributed by atoms with Crippen molar-refractivity contribution in [3.05, 3.63) is 33.8 Å². The normalized spacial score (nSPS) is 13.8. The first-order valence-electron chi connectivity index (χ1n) is 6.37. The number of hydrogen-bond acceptors (Lipinski definition) is 2. The zero-order valence-electron chi connectivity index (χ0n) is 12.3. The van der Waals surface area contributed by atoms with E-state index in [2.05, 4.69) is 0 Å². The third-order valence-corrected chi connectivity index (χ3v) is 3.81.